The fourth-order valence-corrected chi connectivity index (χ4v) is 4.73. The van der Waals surface area contributed by atoms with Crippen LogP contribution in [-0.4, -0.2) is 72.8 Å². The van der Waals surface area contributed by atoms with E-state index in [0.29, 0.717) is 21.8 Å². The molecule has 0 amide bonds. The highest BCUT2D eigenvalue weighted by atomic mass is 35.5. The predicted octanol–water partition coefficient (Wildman–Crippen LogP) is 2.37. The first-order valence-corrected chi connectivity index (χ1v) is 10.6. The fraction of sp³-hybridized carbons (Fsp3) is 0.474. The number of aliphatic hydroxyl groups excluding tert-OH is 3. The van der Waals surface area contributed by atoms with Gasteiger partial charge in [0.15, 0.2) is 0 Å². The molecule has 14 heteroatoms. The average molecular weight is 507 g/mol. The maximum Gasteiger partial charge on any atom is 0.405 e. The molecule has 9 nitrogen and oxygen atoms in total. The molecule has 0 aliphatic heterocycles. The van der Waals surface area contributed by atoms with E-state index in [9.17, 15) is 28.5 Å². The molecule has 1 fully saturated rings. The van der Waals surface area contributed by atoms with Gasteiger partial charge in [-0.1, -0.05) is 0 Å². The van der Waals surface area contributed by atoms with Crippen LogP contribution in [0.5, 0.6) is 0 Å². The molecule has 0 aromatic carbocycles. The lowest BCUT2D eigenvalue weighted by Crippen LogP contribution is -2.36. The molecular formula is C19H22ClF3N6O3S. The van der Waals surface area contributed by atoms with Crippen LogP contribution in [0.1, 0.15) is 12.1 Å². The van der Waals surface area contributed by atoms with E-state index in [2.05, 4.69) is 30.6 Å². The number of aliphatic hydroxyl groups is 3. The van der Waals surface area contributed by atoms with Gasteiger partial charge in [-0.25, -0.2) is 9.97 Å². The predicted molar refractivity (Wildman–Crippen MR) is 120 cm³/mol. The number of hydrogen-bond donors (Lipinski definition) is 5. The van der Waals surface area contributed by atoms with Crippen molar-refractivity contribution in [3.63, 3.8) is 0 Å². The molecule has 1 aliphatic rings. The van der Waals surface area contributed by atoms with E-state index < -0.39 is 36.9 Å². The number of aromatic nitrogens is 4. The van der Waals surface area contributed by atoms with Gasteiger partial charge >= 0.3 is 6.18 Å². The first-order chi connectivity index (χ1) is 15.2. The van der Waals surface area contributed by atoms with Gasteiger partial charge in [0.1, 0.15) is 29.0 Å². The Labute approximate surface area is 196 Å². The van der Waals surface area contributed by atoms with Gasteiger partial charge in [-0.2, -0.15) is 18.2 Å². The molecule has 0 bridgehead atoms. The molecule has 0 unspecified atom stereocenters. The van der Waals surface area contributed by atoms with Crippen LogP contribution in [-0.2, 0) is 0 Å². The Hall–Kier alpha value is -2.32. The van der Waals surface area contributed by atoms with E-state index in [4.69, 9.17) is 0 Å². The summed E-state index contributed by atoms with van der Waals surface area (Å²) >= 11 is 1.34. The number of fused-ring (bicyclic) bond motifs is 1. The first-order valence-electron chi connectivity index (χ1n) is 9.80. The number of alkyl halides is 3. The summed E-state index contributed by atoms with van der Waals surface area (Å²) in [7, 11) is 0. The van der Waals surface area contributed by atoms with Crippen LogP contribution >= 0.6 is 23.7 Å². The van der Waals surface area contributed by atoms with Crippen LogP contribution in [0.25, 0.3) is 20.8 Å². The molecule has 3 heterocycles. The molecule has 4 rings (SSSR count). The Kier molecular flexibility index (Phi) is 7.59. The van der Waals surface area contributed by atoms with Crippen molar-refractivity contribution >= 4 is 45.7 Å². The maximum absolute atomic E-state index is 12.7. The van der Waals surface area contributed by atoms with Crippen molar-refractivity contribution in [3.05, 3.63) is 24.2 Å². The van der Waals surface area contributed by atoms with E-state index in [1.54, 1.807) is 25.4 Å². The van der Waals surface area contributed by atoms with Crippen molar-refractivity contribution < 1.29 is 28.5 Å². The third-order valence-corrected chi connectivity index (χ3v) is 6.35. The smallest absolute Gasteiger partial charge is 0.396 e. The number of anilines is 2. The molecular weight excluding hydrogens is 485 g/mol. The largest absolute Gasteiger partial charge is 0.405 e. The standard InChI is InChI=1S/C19H21F3N6O3S.ClH/c1-8-13(17-27-11-5-23-3-2-12(11)32-17)16(28-18(25-8)24-7-19(20,21)22)26-10-4-9(6-29)14(30)15(10)31;/h2-3,5,9-10,14-15,29-31H,4,6-7H2,1H3,(H2,24,25,26,28);1H/t9-,10-,14-,15+;/m1./s1. The molecule has 0 radical (unpaired) electrons. The molecule has 0 spiro atoms. The number of nitrogens with zero attached hydrogens (tertiary/aromatic N) is 4. The third kappa shape index (κ3) is 5.44. The second-order valence-corrected chi connectivity index (χ2v) is 8.63. The molecule has 1 saturated carbocycles. The lowest BCUT2D eigenvalue weighted by Gasteiger charge is -2.21. The van der Waals surface area contributed by atoms with E-state index in [0.717, 1.165) is 4.70 Å². The Morgan fingerprint density at radius 1 is 1.18 bits per heavy atom. The fourth-order valence-electron chi connectivity index (χ4n) is 3.70. The summed E-state index contributed by atoms with van der Waals surface area (Å²) in [6.45, 7) is 0.00639. The van der Waals surface area contributed by atoms with Crippen LogP contribution in [0.15, 0.2) is 18.5 Å². The second-order valence-electron chi connectivity index (χ2n) is 7.60. The molecule has 3 aromatic rings. The van der Waals surface area contributed by atoms with Crippen molar-refractivity contribution in [3.8, 4) is 10.6 Å². The topological polar surface area (TPSA) is 136 Å². The summed E-state index contributed by atoms with van der Waals surface area (Å²) in [6, 6.07) is 1.11. The Morgan fingerprint density at radius 2 is 1.94 bits per heavy atom. The van der Waals surface area contributed by atoms with Crippen molar-refractivity contribution in [2.24, 2.45) is 5.92 Å². The number of pyridine rings is 1. The van der Waals surface area contributed by atoms with Gasteiger partial charge in [-0.05, 0) is 19.4 Å². The minimum atomic E-state index is -4.45. The van der Waals surface area contributed by atoms with Crippen molar-refractivity contribution in [1.29, 1.82) is 0 Å². The molecule has 4 atom stereocenters. The summed E-state index contributed by atoms with van der Waals surface area (Å²) in [5.41, 5.74) is 1.50. The Morgan fingerprint density at radius 3 is 2.58 bits per heavy atom. The lowest BCUT2D eigenvalue weighted by molar-refractivity contribution is -0.115. The van der Waals surface area contributed by atoms with E-state index >= 15 is 0 Å². The highest BCUT2D eigenvalue weighted by Gasteiger charge is 2.41. The van der Waals surface area contributed by atoms with Gasteiger partial charge in [0.25, 0.3) is 0 Å². The zero-order valence-electron chi connectivity index (χ0n) is 17.2. The van der Waals surface area contributed by atoms with Crippen LogP contribution in [0.4, 0.5) is 24.9 Å². The number of nitrogens with one attached hydrogen (secondary N) is 2. The van der Waals surface area contributed by atoms with Gasteiger partial charge in [-0.15, -0.1) is 23.7 Å². The summed E-state index contributed by atoms with van der Waals surface area (Å²) < 4.78 is 38.9. The summed E-state index contributed by atoms with van der Waals surface area (Å²) in [4.78, 5) is 17.0. The summed E-state index contributed by atoms with van der Waals surface area (Å²) in [6.07, 6.45) is -3.31. The molecule has 0 saturated heterocycles. The van der Waals surface area contributed by atoms with E-state index in [1.165, 1.54) is 11.3 Å². The minimum absolute atomic E-state index is 0. The van der Waals surface area contributed by atoms with Crippen LogP contribution in [0, 0.1) is 12.8 Å². The van der Waals surface area contributed by atoms with Gasteiger partial charge < -0.3 is 26.0 Å². The Balaban J connectivity index is 0.00000306. The quantitative estimate of drug-likeness (QED) is 0.341. The SMILES string of the molecule is Cc1nc(NCC(F)(F)F)nc(N[C@@H]2C[C@H](CO)[C@@H](O)[C@H]2O)c1-c1nc2cnccc2s1.Cl. The van der Waals surface area contributed by atoms with Crippen molar-refractivity contribution in [2.75, 3.05) is 23.8 Å². The molecule has 1 aliphatic carbocycles. The van der Waals surface area contributed by atoms with Crippen molar-refractivity contribution in [2.45, 2.75) is 37.8 Å². The number of hydrogen-bond acceptors (Lipinski definition) is 10. The maximum atomic E-state index is 12.7. The third-order valence-electron chi connectivity index (χ3n) is 5.30. The van der Waals surface area contributed by atoms with E-state index in [1.807, 2.05) is 0 Å². The minimum Gasteiger partial charge on any atom is -0.396 e. The zero-order chi connectivity index (χ0) is 23.0. The second kappa shape index (κ2) is 9.89. The Bertz CT molecular complexity index is 1090. The summed E-state index contributed by atoms with van der Waals surface area (Å²) in [5, 5.41) is 35.7. The lowest BCUT2D eigenvalue weighted by atomic mass is 10.1. The van der Waals surface area contributed by atoms with Gasteiger partial charge in [-0.3, -0.25) is 4.98 Å². The van der Waals surface area contributed by atoms with Crippen LogP contribution in [0.2, 0.25) is 0 Å². The van der Waals surface area contributed by atoms with E-state index in [-0.39, 0.29) is 37.2 Å². The summed E-state index contributed by atoms with van der Waals surface area (Å²) in [5.74, 6) is -0.602. The number of aryl methyl sites for hydroxylation is 1. The number of thiazole rings is 1. The average Bonchev–Trinajstić information content (AvgIpc) is 3.27. The van der Waals surface area contributed by atoms with Gasteiger partial charge in [0, 0.05) is 18.7 Å². The number of halogens is 4. The highest BCUT2D eigenvalue weighted by Crippen LogP contribution is 2.38. The zero-order valence-corrected chi connectivity index (χ0v) is 18.9. The molecule has 3 aromatic heterocycles. The van der Waals surface area contributed by atoms with Crippen LogP contribution in [0.3, 0.4) is 0 Å². The van der Waals surface area contributed by atoms with Crippen molar-refractivity contribution in [1.82, 2.24) is 19.9 Å². The normalized spacial score (nSPS) is 22.9. The first kappa shape index (κ1) is 25.3. The van der Waals surface area contributed by atoms with Gasteiger partial charge in [0.05, 0.1) is 34.3 Å². The molecule has 5 N–H and O–H groups in total. The molecule has 33 heavy (non-hydrogen) atoms. The van der Waals surface area contributed by atoms with Gasteiger partial charge in [0.2, 0.25) is 5.95 Å². The number of rotatable bonds is 6. The van der Waals surface area contributed by atoms with Crippen LogP contribution < -0.4 is 10.6 Å². The molecule has 180 valence electrons. The highest BCUT2D eigenvalue weighted by molar-refractivity contribution is 7.21. The monoisotopic (exact) mass is 506 g/mol.